The van der Waals surface area contributed by atoms with Crippen molar-refractivity contribution >= 4 is 67.9 Å². The minimum atomic E-state index is -0.320. The van der Waals surface area contributed by atoms with Gasteiger partial charge >= 0.3 is 0 Å². The zero-order chi connectivity index (χ0) is 35.0. The third kappa shape index (κ3) is 7.39. The van der Waals surface area contributed by atoms with Gasteiger partial charge < -0.3 is 20.4 Å². The van der Waals surface area contributed by atoms with Gasteiger partial charge in [-0.15, -0.1) is 0 Å². The first-order valence-electron chi connectivity index (χ1n) is 16.8. The number of carbonyl (C=O) groups excluding carboxylic acids is 4. The lowest BCUT2D eigenvalue weighted by atomic mass is 10.1. The second kappa shape index (κ2) is 15.3. The van der Waals surface area contributed by atoms with Crippen molar-refractivity contribution in [1.82, 2.24) is 0 Å². The number of hydrogen-bond acceptors (Lipinski definition) is 4. The fourth-order valence-electron chi connectivity index (χ4n) is 6.11. The second-order valence-corrected chi connectivity index (χ2v) is 11.8. The fourth-order valence-corrected chi connectivity index (χ4v) is 6.11. The number of carbonyl (C=O) groups is 4. The second-order valence-electron chi connectivity index (χ2n) is 11.8. The Kier molecular flexibility index (Phi) is 10.3. The fraction of sp³-hybridized carbons (Fsp3) is 0.143. The highest BCUT2D eigenvalue weighted by Crippen LogP contribution is 2.29. The van der Waals surface area contributed by atoms with Gasteiger partial charge in [0.15, 0.2) is 0 Å². The van der Waals surface area contributed by atoms with Gasteiger partial charge in [-0.2, -0.15) is 0 Å². The topological polar surface area (TPSA) is 98.8 Å². The minimum Gasteiger partial charge on any atom is -0.326 e. The predicted octanol–water partition coefficient (Wildman–Crippen LogP) is 8.68. The molecule has 0 saturated heterocycles. The Morgan fingerprint density at radius 3 is 1.20 bits per heavy atom. The molecule has 6 aromatic rings. The monoisotopic (exact) mass is 662 g/mol. The van der Waals surface area contributed by atoms with Crippen molar-refractivity contribution in [2.24, 2.45) is 0 Å². The van der Waals surface area contributed by atoms with Crippen LogP contribution in [0.3, 0.4) is 0 Å². The Bertz CT molecular complexity index is 2010. The molecule has 0 atom stereocenters. The lowest BCUT2D eigenvalue weighted by molar-refractivity contribution is -0.121. The summed E-state index contributed by atoms with van der Waals surface area (Å²) in [5.74, 6) is -0.912. The zero-order valence-corrected chi connectivity index (χ0v) is 28.1. The molecule has 0 fully saturated rings. The number of fused-ring (bicyclic) bond motifs is 2. The molecule has 0 radical (unpaired) electrons. The van der Waals surface area contributed by atoms with Crippen LogP contribution >= 0.6 is 0 Å². The molecule has 6 rings (SSSR count). The Hall–Kier alpha value is -6.28. The average molecular weight is 663 g/mol. The smallest absolute Gasteiger partial charge is 0.258 e. The lowest BCUT2D eigenvalue weighted by Crippen LogP contribution is -2.30. The molecule has 0 aliphatic carbocycles. The van der Waals surface area contributed by atoms with Crippen LogP contribution in [0.2, 0.25) is 0 Å². The molecular formula is C42H38N4O4. The van der Waals surface area contributed by atoms with Gasteiger partial charge in [-0.3, -0.25) is 19.2 Å². The molecule has 0 aromatic heterocycles. The van der Waals surface area contributed by atoms with Gasteiger partial charge in [-0.25, -0.2) is 0 Å². The molecule has 2 N–H and O–H groups in total. The van der Waals surface area contributed by atoms with E-state index in [9.17, 15) is 19.2 Å². The van der Waals surface area contributed by atoms with Gasteiger partial charge in [0.1, 0.15) is 0 Å². The summed E-state index contributed by atoms with van der Waals surface area (Å²) in [6.45, 7) is 4.88. The molecule has 250 valence electrons. The van der Waals surface area contributed by atoms with Crippen molar-refractivity contribution in [2.75, 3.05) is 33.5 Å². The van der Waals surface area contributed by atoms with Crippen LogP contribution < -0.4 is 20.4 Å². The van der Waals surface area contributed by atoms with E-state index in [0.29, 0.717) is 35.6 Å². The Balaban J connectivity index is 1.01. The molecule has 0 bridgehead atoms. The van der Waals surface area contributed by atoms with Crippen LogP contribution in [0.25, 0.3) is 21.5 Å². The maximum Gasteiger partial charge on any atom is 0.258 e. The number of nitrogens with zero attached hydrogens (tertiary/aromatic N) is 2. The van der Waals surface area contributed by atoms with Crippen molar-refractivity contribution in [3.05, 3.63) is 145 Å². The van der Waals surface area contributed by atoms with Crippen molar-refractivity contribution < 1.29 is 19.2 Å². The molecule has 0 spiro atoms. The maximum absolute atomic E-state index is 13.5. The van der Waals surface area contributed by atoms with E-state index >= 15 is 0 Å². The van der Waals surface area contributed by atoms with Gasteiger partial charge in [0.25, 0.3) is 11.8 Å². The molecule has 6 aromatic carbocycles. The molecular weight excluding hydrogens is 624 g/mol. The summed E-state index contributed by atoms with van der Waals surface area (Å²) < 4.78 is 0. The van der Waals surface area contributed by atoms with Crippen molar-refractivity contribution in [3.63, 3.8) is 0 Å². The van der Waals surface area contributed by atoms with Crippen LogP contribution in [0.4, 0.5) is 22.7 Å². The maximum atomic E-state index is 13.5. The summed E-state index contributed by atoms with van der Waals surface area (Å²) in [4.78, 5) is 55.7. The van der Waals surface area contributed by atoms with E-state index < -0.39 is 0 Å². The number of benzene rings is 6. The quantitative estimate of drug-likeness (QED) is 0.145. The highest BCUT2D eigenvalue weighted by Gasteiger charge is 2.20. The molecule has 8 nitrogen and oxygen atoms in total. The van der Waals surface area contributed by atoms with Crippen LogP contribution in [0.15, 0.2) is 133 Å². The van der Waals surface area contributed by atoms with E-state index in [1.165, 1.54) is 0 Å². The SMILES string of the molecule is CCN(C(=O)c1ccc(NC(=O)CCC(=O)Nc2ccc(C(=O)N(CC)c3cccc4ccccc34)cc2)cc1)c1cccc2ccccc12. The van der Waals surface area contributed by atoms with Gasteiger partial charge in [0.05, 0.1) is 11.4 Å². The van der Waals surface area contributed by atoms with E-state index in [2.05, 4.69) is 10.6 Å². The van der Waals surface area contributed by atoms with Crippen LogP contribution in [0, 0.1) is 0 Å². The first-order chi connectivity index (χ1) is 24.4. The highest BCUT2D eigenvalue weighted by molar-refractivity contribution is 6.12. The van der Waals surface area contributed by atoms with Crippen molar-refractivity contribution in [2.45, 2.75) is 26.7 Å². The summed E-state index contributed by atoms with van der Waals surface area (Å²) >= 11 is 0. The highest BCUT2D eigenvalue weighted by atomic mass is 16.2. The largest absolute Gasteiger partial charge is 0.326 e. The van der Waals surface area contributed by atoms with Gasteiger partial charge in [-0.1, -0.05) is 72.8 Å². The van der Waals surface area contributed by atoms with Crippen LogP contribution in [0.5, 0.6) is 0 Å². The van der Waals surface area contributed by atoms with Crippen LogP contribution in [-0.2, 0) is 9.59 Å². The molecule has 0 heterocycles. The zero-order valence-electron chi connectivity index (χ0n) is 28.1. The molecule has 8 heteroatoms. The third-order valence-corrected chi connectivity index (χ3v) is 8.65. The van der Waals surface area contributed by atoms with Crippen molar-refractivity contribution in [3.8, 4) is 0 Å². The summed E-state index contributed by atoms with van der Waals surface area (Å²) in [7, 11) is 0. The number of nitrogens with one attached hydrogen (secondary N) is 2. The van der Waals surface area contributed by atoms with E-state index in [0.717, 1.165) is 32.9 Å². The minimum absolute atomic E-state index is 0.0235. The summed E-state index contributed by atoms with van der Waals surface area (Å²) in [6, 6.07) is 41.2. The summed E-state index contributed by atoms with van der Waals surface area (Å²) in [5.41, 5.74) is 3.75. The standard InChI is InChI=1S/C42H38N4O4/c1-3-45(37-17-9-13-29-11-5-7-15-35(29)37)41(49)31-19-23-33(24-20-31)43-39(47)27-28-40(48)44-34-25-21-32(22-26-34)42(50)46(4-2)38-18-10-14-30-12-6-8-16-36(30)38/h5-26H,3-4,27-28H2,1-2H3,(H,43,47)(H,44,48). The van der Waals surface area contributed by atoms with E-state index in [1.807, 2.05) is 98.8 Å². The van der Waals surface area contributed by atoms with E-state index in [1.54, 1.807) is 58.3 Å². The van der Waals surface area contributed by atoms with E-state index in [4.69, 9.17) is 0 Å². The normalized spacial score (nSPS) is 10.8. The Labute approximate surface area is 291 Å². The average Bonchev–Trinajstić information content (AvgIpc) is 3.15. The summed E-state index contributed by atoms with van der Waals surface area (Å²) in [5, 5.41) is 9.72. The Morgan fingerprint density at radius 1 is 0.460 bits per heavy atom. The molecule has 0 unspecified atom stereocenters. The van der Waals surface area contributed by atoms with Gasteiger partial charge in [-0.05, 0) is 85.3 Å². The first kappa shape index (κ1) is 33.6. The molecule has 50 heavy (non-hydrogen) atoms. The number of amides is 4. The first-order valence-corrected chi connectivity index (χ1v) is 16.8. The van der Waals surface area contributed by atoms with Crippen molar-refractivity contribution in [1.29, 1.82) is 0 Å². The van der Waals surface area contributed by atoms with Gasteiger partial charge in [0.2, 0.25) is 11.8 Å². The molecule has 4 amide bonds. The lowest BCUT2D eigenvalue weighted by Gasteiger charge is -2.23. The summed E-state index contributed by atoms with van der Waals surface area (Å²) in [6.07, 6.45) is -0.0471. The molecule has 0 aliphatic heterocycles. The number of hydrogen-bond donors (Lipinski definition) is 2. The predicted molar refractivity (Wildman–Crippen MR) is 202 cm³/mol. The van der Waals surface area contributed by atoms with Crippen LogP contribution in [0.1, 0.15) is 47.4 Å². The number of rotatable bonds is 11. The Morgan fingerprint density at radius 2 is 0.820 bits per heavy atom. The van der Waals surface area contributed by atoms with Crippen LogP contribution in [-0.4, -0.2) is 36.7 Å². The van der Waals surface area contributed by atoms with E-state index in [-0.39, 0.29) is 36.5 Å². The molecule has 0 aliphatic rings. The van der Waals surface area contributed by atoms with Gasteiger partial charge in [0, 0.05) is 59.2 Å². The number of anilines is 4. The third-order valence-electron chi connectivity index (χ3n) is 8.65. The molecule has 0 saturated carbocycles.